The van der Waals surface area contributed by atoms with Gasteiger partial charge < -0.3 is 29.7 Å². The Kier molecular flexibility index (Phi) is 8.09. The third kappa shape index (κ3) is 6.31. The minimum absolute atomic E-state index is 0.130. The van der Waals surface area contributed by atoms with Gasteiger partial charge in [-0.25, -0.2) is 9.37 Å². The summed E-state index contributed by atoms with van der Waals surface area (Å²) in [6, 6.07) is 20.9. The van der Waals surface area contributed by atoms with E-state index in [1.165, 1.54) is 25.4 Å². The average molecular weight is 597 g/mol. The van der Waals surface area contributed by atoms with E-state index >= 15 is 4.39 Å². The van der Waals surface area contributed by atoms with Crippen molar-refractivity contribution in [2.24, 2.45) is 0 Å². The molecule has 0 aliphatic carbocycles. The number of aromatic nitrogens is 1. The van der Waals surface area contributed by atoms with Gasteiger partial charge in [-0.15, -0.1) is 0 Å². The second-order valence-corrected chi connectivity index (χ2v) is 10.5. The van der Waals surface area contributed by atoms with E-state index in [2.05, 4.69) is 15.6 Å². The fourth-order valence-corrected chi connectivity index (χ4v) is 5.19. The highest BCUT2D eigenvalue weighted by molar-refractivity contribution is 5.97. The topological polar surface area (TPSA) is 119 Å². The summed E-state index contributed by atoms with van der Waals surface area (Å²) in [4.78, 5) is 45.0. The quantitative estimate of drug-likeness (QED) is 0.363. The van der Waals surface area contributed by atoms with E-state index in [1.807, 2.05) is 12.1 Å². The first kappa shape index (κ1) is 28.7. The Bertz CT molecular complexity index is 1710. The standard InChI is InChI=1S/C33H29FN4O6/c1-42-31-15-23(11-12-35-31)33(41)38-17-28-29(18-38)44-24-8-5-20(6-9-24)16-36-30(39)19-43-25-4-2-3-21(13-25)22-7-10-27(34)26(14-22)32(40)37-28/h2-15,28-29H,16-19H2,1H3,(H,36,39)(H,37,40)/t28-,29-/m0/s1. The summed E-state index contributed by atoms with van der Waals surface area (Å²) in [7, 11) is 1.47. The van der Waals surface area contributed by atoms with Crippen LogP contribution in [0.1, 0.15) is 26.3 Å². The van der Waals surface area contributed by atoms with Gasteiger partial charge in [-0.1, -0.05) is 30.3 Å². The molecule has 0 unspecified atom stereocenters. The third-order valence-electron chi connectivity index (χ3n) is 7.51. The number of halogens is 1. The molecule has 3 aliphatic rings. The molecule has 3 aliphatic heterocycles. The first-order valence-corrected chi connectivity index (χ1v) is 14.0. The van der Waals surface area contributed by atoms with Crippen molar-refractivity contribution in [2.45, 2.75) is 18.7 Å². The molecular formula is C33H29FN4O6. The summed E-state index contributed by atoms with van der Waals surface area (Å²) < 4.78 is 32.2. The van der Waals surface area contributed by atoms with Crippen LogP contribution in [-0.2, 0) is 11.3 Å². The van der Waals surface area contributed by atoms with Crippen molar-refractivity contribution in [2.75, 3.05) is 26.8 Å². The number of carbonyl (C=O) groups excluding carboxylic acids is 3. The number of methoxy groups -OCH3 is 1. The molecule has 3 aromatic carbocycles. The Balaban J connectivity index is 1.33. The number of fused-ring (bicyclic) bond motifs is 7. The van der Waals surface area contributed by atoms with Crippen molar-refractivity contribution in [3.05, 3.63) is 108 Å². The maximum Gasteiger partial charge on any atom is 0.258 e. The molecule has 7 rings (SSSR count). The minimum atomic E-state index is -0.694. The van der Waals surface area contributed by atoms with Crippen molar-refractivity contribution < 1.29 is 33.0 Å². The Morgan fingerprint density at radius 2 is 1.80 bits per heavy atom. The lowest BCUT2D eigenvalue weighted by Crippen LogP contribution is -2.45. The molecule has 2 atom stereocenters. The van der Waals surface area contributed by atoms with Crippen LogP contribution in [0.25, 0.3) is 11.1 Å². The number of hydrogen-bond donors (Lipinski definition) is 2. The zero-order chi connectivity index (χ0) is 30.6. The smallest absolute Gasteiger partial charge is 0.258 e. The number of nitrogens with zero attached hydrogens (tertiary/aromatic N) is 2. The molecule has 1 fully saturated rings. The molecule has 3 amide bonds. The van der Waals surface area contributed by atoms with Gasteiger partial charge in [-0.05, 0) is 59.2 Å². The van der Waals surface area contributed by atoms with Crippen molar-refractivity contribution in [1.82, 2.24) is 20.5 Å². The zero-order valence-corrected chi connectivity index (χ0v) is 23.8. The molecule has 6 bridgehead atoms. The van der Waals surface area contributed by atoms with Crippen molar-refractivity contribution in [3.63, 3.8) is 0 Å². The highest BCUT2D eigenvalue weighted by Crippen LogP contribution is 2.27. The normalized spacial score (nSPS) is 18.3. The number of rotatable bonds is 2. The van der Waals surface area contributed by atoms with Crippen LogP contribution in [0.15, 0.2) is 85.1 Å². The molecule has 0 spiro atoms. The van der Waals surface area contributed by atoms with E-state index in [1.54, 1.807) is 59.5 Å². The van der Waals surface area contributed by atoms with Crippen LogP contribution in [0.5, 0.6) is 17.4 Å². The molecule has 10 nitrogen and oxygen atoms in total. The molecule has 4 aromatic rings. The number of amides is 3. The molecule has 11 heteroatoms. The van der Waals surface area contributed by atoms with Gasteiger partial charge in [-0.2, -0.15) is 0 Å². The maximum absolute atomic E-state index is 15.0. The Morgan fingerprint density at radius 1 is 0.977 bits per heavy atom. The monoisotopic (exact) mass is 596 g/mol. The molecule has 0 saturated carbocycles. The first-order chi connectivity index (χ1) is 21.4. The van der Waals surface area contributed by atoms with E-state index in [-0.39, 0.29) is 37.1 Å². The van der Waals surface area contributed by atoms with Gasteiger partial charge in [-0.3, -0.25) is 14.4 Å². The molecule has 0 radical (unpaired) electrons. The fraction of sp³-hybridized carbons (Fsp3) is 0.212. The van der Waals surface area contributed by atoms with Gasteiger partial charge in [0.25, 0.3) is 17.7 Å². The van der Waals surface area contributed by atoms with Crippen LogP contribution in [0.2, 0.25) is 0 Å². The summed E-state index contributed by atoms with van der Waals surface area (Å²) in [5.41, 5.74) is 2.32. The van der Waals surface area contributed by atoms with E-state index in [9.17, 15) is 14.4 Å². The zero-order valence-electron chi connectivity index (χ0n) is 23.8. The van der Waals surface area contributed by atoms with E-state index in [0.29, 0.717) is 40.6 Å². The van der Waals surface area contributed by atoms with Crippen LogP contribution < -0.4 is 24.8 Å². The summed E-state index contributed by atoms with van der Waals surface area (Å²) in [5, 5.41) is 5.74. The number of benzene rings is 3. The molecule has 1 saturated heterocycles. The molecule has 2 N–H and O–H groups in total. The predicted molar refractivity (Wildman–Crippen MR) is 158 cm³/mol. The Hall–Kier alpha value is -5.45. The number of likely N-dealkylation sites (tertiary alicyclic amines) is 1. The van der Waals surface area contributed by atoms with Crippen molar-refractivity contribution in [3.8, 4) is 28.5 Å². The number of pyridine rings is 1. The van der Waals surface area contributed by atoms with Gasteiger partial charge in [0.1, 0.15) is 23.4 Å². The molecule has 224 valence electrons. The fourth-order valence-electron chi connectivity index (χ4n) is 5.19. The van der Waals surface area contributed by atoms with E-state index < -0.39 is 23.9 Å². The maximum atomic E-state index is 15.0. The van der Waals surface area contributed by atoms with Crippen LogP contribution in [0.4, 0.5) is 4.39 Å². The Morgan fingerprint density at radius 3 is 2.61 bits per heavy atom. The summed E-state index contributed by atoms with van der Waals surface area (Å²) in [5.74, 6) is -0.661. The van der Waals surface area contributed by atoms with Gasteiger partial charge >= 0.3 is 0 Å². The second kappa shape index (κ2) is 12.4. The average Bonchev–Trinajstić information content (AvgIpc) is 3.44. The summed E-state index contributed by atoms with van der Waals surface area (Å²) in [6.45, 7) is 0.402. The lowest BCUT2D eigenvalue weighted by Gasteiger charge is -2.21. The third-order valence-corrected chi connectivity index (χ3v) is 7.51. The molecule has 1 aromatic heterocycles. The lowest BCUT2D eigenvalue weighted by atomic mass is 10.0. The summed E-state index contributed by atoms with van der Waals surface area (Å²) >= 11 is 0. The van der Waals surface area contributed by atoms with Gasteiger partial charge in [0.05, 0.1) is 25.3 Å². The highest BCUT2D eigenvalue weighted by Gasteiger charge is 2.39. The molecule has 4 heterocycles. The van der Waals surface area contributed by atoms with Crippen LogP contribution in [0, 0.1) is 5.82 Å². The van der Waals surface area contributed by atoms with Gasteiger partial charge in [0, 0.05) is 30.9 Å². The van der Waals surface area contributed by atoms with Crippen LogP contribution >= 0.6 is 0 Å². The van der Waals surface area contributed by atoms with Crippen LogP contribution in [0.3, 0.4) is 0 Å². The van der Waals surface area contributed by atoms with Gasteiger partial charge in [0.2, 0.25) is 5.88 Å². The largest absolute Gasteiger partial charge is 0.486 e. The van der Waals surface area contributed by atoms with Gasteiger partial charge in [0.15, 0.2) is 6.61 Å². The summed E-state index contributed by atoms with van der Waals surface area (Å²) in [6.07, 6.45) is 0.848. The second-order valence-electron chi connectivity index (χ2n) is 10.5. The van der Waals surface area contributed by atoms with Crippen molar-refractivity contribution in [1.29, 1.82) is 0 Å². The predicted octanol–water partition coefficient (Wildman–Crippen LogP) is 3.61. The Labute approximate surface area is 252 Å². The van der Waals surface area contributed by atoms with E-state index in [0.717, 1.165) is 5.56 Å². The lowest BCUT2D eigenvalue weighted by molar-refractivity contribution is -0.123. The number of ether oxygens (including phenoxy) is 3. The first-order valence-electron chi connectivity index (χ1n) is 14.0. The molecular weight excluding hydrogens is 567 g/mol. The SMILES string of the molecule is COc1cc(C(=O)N2C[C@@H]3NC(=O)c4cc(ccc4F)-c4cccc(c4)OCC(=O)NCc4ccc(cc4)O[C@H]3C2)ccn1. The number of carbonyl (C=O) groups is 3. The molecule has 44 heavy (non-hydrogen) atoms. The van der Waals surface area contributed by atoms with Crippen molar-refractivity contribution >= 4 is 17.7 Å². The number of hydrogen-bond acceptors (Lipinski definition) is 7. The van der Waals surface area contributed by atoms with Crippen LogP contribution in [-0.4, -0.2) is 66.6 Å². The van der Waals surface area contributed by atoms with E-state index in [4.69, 9.17) is 14.2 Å². The highest BCUT2D eigenvalue weighted by atomic mass is 19.1. The minimum Gasteiger partial charge on any atom is -0.486 e. The number of nitrogens with one attached hydrogen (secondary N) is 2.